The molecule has 148 valence electrons. The lowest BCUT2D eigenvalue weighted by atomic mass is 10.1. The van der Waals surface area contributed by atoms with Crippen LogP contribution in [0.4, 0.5) is 11.4 Å². The highest BCUT2D eigenvalue weighted by Crippen LogP contribution is 2.22. The van der Waals surface area contributed by atoms with Gasteiger partial charge in [0.25, 0.3) is 11.6 Å². The largest absolute Gasteiger partial charge is 0.340 e. The Hall–Kier alpha value is -2.58. The quantitative estimate of drug-likeness (QED) is 0.494. The first-order valence-electron chi connectivity index (χ1n) is 8.43. The first-order chi connectivity index (χ1) is 13.3. The van der Waals surface area contributed by atoms with Crippen molar-refractivity contribution in [1.29, 1.82) is 0 Å². The zero-order chi connectivity index (χ0) is 20.7. The standard InChI is InChI=1S/C19H20ClN3O4S/c1-12-7-8-13(11-17(12)23(26)27)21-19(25)16(9-10-28-2)22-18(24)14-5-3-4-6-15(14)20/h3-8,11,16H,9-10H2,1-2H3,(H,21,25)(H,22,24). The van der Waals surface area contributed by atoms with Crippen molar-refractivity contribution in [3.63, 3.8) is 0 Å². The number of carbonyl (C=O) groups excluding carboxylic acids is 2. The Morgan fingerprint density at radius 3 is 2.61 bits per heavy atom. The van der Waals surface area contributed by atoms with E-state index in [2.05, 4.69) is 10.6 Å². The molecule has 2 amide bonds. The number of nitrogens with zero attached hydrogens (tertiary/aromatic N) is 1. The van der Waals surface area contributed by atoms with E-state index in [0.29, 0.717) is 23.4 Å². The molecule has 28 heavy (non-hydrogen) atoms. The van der Waals surface area contributed by atoms with Gasteiger partial charge in [-0.05, 0) is 43.6 Å². The van der Waals surface area contributed by atoms with E-state index in [1.54, 1.807) is 55.1 Å². The molecule has 0 spiro atoms. The molecule has 0 heterocycles. The van der Waals surface area contributed by atoms with Crippen LogP contribution in [0.3, 0.4) is 0 Å². The Bertz CT molecular complexity index is 891. The Kier molecular flexibility index (Phi) is 7.83. The summed E-state index contributed by atoms with van der Waals surface area (Å²) in [5, 5.41) is 16.7. The number of benzene rings is 2. The highest BCUT2D eigenvalue weighted by Gasteiger charge is 2.23. The molecule has 0 bridgehead atoms. The molecule has 0 aliphatic rings. The maximum Gasteiger partial charge on any atom is 0.274 e. The molecule has 2 rings (SSSR count). The second-order valence-electron chi connectivity index (χ2n) is 6.03. The second kappa shape index (κ2) is 10.1. The van der Waals surface area contributed by atoms with Crippen LogP contribution in [0, 0.1) is 17.0 Å². The van der Waals surface area contributed by atoms with Crippen molar-refractivity contribution in [3.8, 4) is 0 Å². The van der Waals surface area contributed by atoms with E-state index >= 15 is 0 Å². The molecular weight excluding hydrogens is 402 g/mol. The van der Waals surface area contributed by atoms with Crippen LogP contribution in [-0.4, -0.2) is 34.8 Å². The smallest absolute Gasteiger partial charge is 0.274 e. The van der Waals surface area contributed by atoms with Crippen molar-refractivity contribution in [2.24, 2.45) is 0 Å². The Morgan fingerprint density at radius 2 is 1.96 bits per heavy atom. The molecule has 1 atom stereocenters. The van der Waals surface area contributed by atoms with Crippen molar-refractivity contribution in [3.05, 3.63) is 68.7 Å². The van der Waals surface area contributed by atoms with Crippen LogP contribution in [0.1, 0.15) is 22.3 Å². The average molecular weight is 422 g/mol. The summed E-state index contributed by atoms with van der Waals surface area (Å²) in [5.41, 5.74) is 0.980. The number of hydrogen-bond acceptors (Lipinski definition) is 5. The van der Waals surface area contributed by atoms with Gasteiger partial charge in [0.15, 0.2) is 0 Å². The molecule has 9 heteroatoms. The third-order valence-electron chi connectivity index (χ3n) is 4.02. The topological polar surface area (TPSA) is 101 Å². The molecule has 0 fully saturated rings. The molecule has 1 unspecified atom stereocenters. The third kappa shape index (κ3) is 5.71. The number of rotatable bonds is 8. The summed E-state index contributed by atoms with van der Waals surface area (Å²) < 4.78 is 0. The van der Waals surface area contributed by atoms with Crippen LogP contribution < -0.4 is 10.6 Å². The van der Waals surface area contributed by atoms with Crippen LogP contribution in [-0.2, 0) is 4.79 Å². The molecule has 0 aliphatic heterocycles. The normalized spacial score (nSPS) is 11.5. The highest BCUT2D eigenvalue weighted by atomic mass is 35.5. The first-order valence-corrected chi connectivity index (χ1v) is 10.2. The lowest BCUT2D eigenvalue weighted by molar-refractivity contribution is -0.385. The SMILES string of the molecule is CSCCC(NC(=O)c1ccccc1Cl)C(=O)Nc1ccc(C)c([N+](=O)[O-])c1. The zero-order valence-electron chi connectivity index (χ0n) is 15.4. The summed E-state index contributed by atoms with van der Waals surface area (Å²) >= 11 is 7.59. The van der Waals surface area contributed by atoms with Crippen LogP contribution in [0.25, 0.3) is 0 Å². The molecule has 7 nitrogen and oxygen atoms in total. The maximum atomic E-state index is 12.7. The fourth-order valence-corrected chi connectivity index (χ4v) is 3.19. The number of nitro benzene ring substituents is 1. The Balaban J connectivity index is 2.17. The molecule has 0 aliphatic carbocycles. The third-order valence-corrected chi connectivity index (χ3v) is 5.00. The monoisotopic (exact) mass is 421 g/mol. The van der Waals surface area contributed by atoms with Gasteiger partial charge in [-0.1, -0.05) is 29.8 Å². The van der Waals surface area contributed by atoms with E-state index in [9.17, 15) is 19.7 Å². The zero-order valence-corrected chi connectivity index (χ0v) is 17.0. The number of aryl methyl sites for hydroxylation is 1. The average Bonchev–Trinajstić information content (AvgIpc) is 2.66. The summed E-state index contributed by atoms with van der Waals surface area (Å²) in [7, 11) is 0. The van der Waals surface area contributed by atoms with Gasteiger partial charge in [0.2, 0.25) is 5.91 Å². The lowest BCUT2D eigenvalue weighted by Gasteiger charge is -2.18. The van der Waals surface area contributed by atoms with Gasteiger partial charge in [-0.3, -0.25) is 19.7 Å². The number of anilines is 1. The first kappa shape index (κ1) is 21.7. The van der Waals surface area contributed by atoms with Crippen LogP contribution in [0.15, 0.2) is 42.5 Å². The molecule has 0 aromatic heterocycles. The molecular formula is C19H20ClN3O4S. The van der Waals surface area contributed by atoms with E-state index in [0.717, 1.165) is 0 Å². The summed E-state index contributed by atoms with van der Waals surface area (Å²) in [4.78, 5) is 35.8. The lowest BCUT2D eigenvalue weighted by Crippen LogP contribution is -2.44. The van der Waals surface area contributed by atoms with Gasteiger partial charge in [0, 0.05) is 17.3 Å². The van der Waals surface area contributed by atoms with Gasteiger partial charge in [0.1, 0.15) is 6.04 Å². The second-order valence-corrected chi connectivity index (χ2v) is 7.43. The molecule has 0 saturated carbocycles. The minimum absolute atomic E-state index is 0.0847. The van der Waals surface area contributed by atoms with Crippen LogP contribution >= 0.6 is 23.4 Å². The number of halogens is 1. The molecule has 0 saturated heterocycles. The van der Waals surface area contributed by atoms with Crippen LogP contribution in [0.2, 0.25) is 5.02 Å². The predicted octanol–water partition coefficient (Wildman–Crippen LogP) is 4.05. The summed E-state index contributed by atoms with van der Waals surface area (Å²) in [6.07, 6.45) is 2.30. The van der Waals surface area contributed by atoms with Gasteiger partial charge in [0.05, 0.1) is 15.5 Å². The number of thioether (sulfide) groups is 1. The molecule has 0 radical (unpaired) electrons. The number of nitrogens with one attached hydrogen (secondary N) is 2. The number of nitro groups is 1. The van der Waals surface area contributed by atoms with E-state index in [1.165, 1.54) is 6.07 Å². The van der Waals surface area contributed by atoms with Gasteiger partial charge in [-0.2, -0.15) is 11.8 Å². The molecule has 2 aromatic carbocycles. The predicted molar refractivity (Wildman–Crippen MR) is 112 cm³/mol. The fraction of sp³-hybridized carbons (Fsp3) is 0.263. The molecule has 2 aromatic rings. The van der Waals surface area contributed by atoms with Crippen LogP contribution in [0.5, 0.6) is 0 Å². The van der Waals surface area contributed by atoms with E-state index in [1.807, 2.05) is 6.26 Å². The van der Waals surface area contributed by atoms with Gasteiger partial charge in [-0.25, -0.2) is 0 Å². The van der Waals surface area contributed by atoms with Gasteiger partial charge in [-0.15, -0.1) is 0 Å². The van der Waals surface area contributed by atoms with Gasteiger partial charge >= 0.3 is 0 Å². The summed E-state index contributed by atoms with van der Waals surface area (Å²) in [6, 6.07) is 10.2. The maximum absolute atomic E-state index is 12.7. The number of hydrogen-bond donors (Lipinski definition) is 2. The van der Waals surface area contributed by atoms with Crippen molar-refractivity contribution in [2.75, 3.05) is 17.3 Å². The van der Waals surface area contributed by atoms with E-state index in [4.69, 9.17) is 11.6 Å². The fourth-order valence-electron chi connectivity index (χ4n) is 2.50. The van der Waals surface area contributed by atoms with Gasteiger partial charge < -0.3 is 10.6 Å². The molecule has 2 N–H and O–H groups in total. The number of amides is 2. The summed E-state index contributed by atoms with van der Waals surface area (Å²) in [5.74, 6) is -0.260. The minimum atomic E-state index is -0.809. The van der Waals surface area contributed by atoms with E-state index in [-0.39, 0.29) is 16.3 Å². The summed E-state index contributed by atoms with van der Waals surface area (Å²) in [6.45, 7) is 1.62. The van der Waals surface area contributed by atoms with Crippen molar-refractivity contribution >= 4 is 46.6 Å². The van der Waals surface area contributed by atoms with E-state index < -0.39 is 22.8 Å². The number of carbonyl (C=O) groups is 2. The highest BCUT2D eigenvalue weighted by molar-refractivity contribution is 7.98. The van der Waals surface area contributed by atoms with Crippen molar-refractivity contribution in [2.45, 2.75) is 19.4 Å². The van der Waals surface area contributed by atoms with Crippen molar-refractivity contribution < 1.29 is 14.5 Å². The minimum Gasteiger partial charge on any atom is -0.340 e. The Morgan fingerprint density at radius 1 is 1.25 bits per heavy atom. The van der Waals surface area contributed by atoms with Crippen molar-refractivity contribution in [1.82, 2.24) is 5.32 Å². The Labute approximate surface area is 172 Å².